The Morgan fingerprint density at radius 2 is 1.88 bits per heavy atom. The number of carbonyl (C=O) groups is 2. The summed E-state index contributed by atoms with van der Waals surface area (Å²) in [6, 6.07) is 2.93. The zero-order valence-corrected chi connectivity index (χ0v) is 15.7. The number of hydrogen-bond acceptors (Lipinski definition) is 4. The summed E-state index contributed by atoms with van der Waals surface area (Å²) in [5, 5.41) is 4.15. The Morgan fingerprint density at radius 3 is 2.46 bits per heavy atom. The SMILES string of the molecule is Cn1cc(Br)c(C(=O)N2CCN(CC(=O)c3ccc(F)cc3F)CC2)n1. The lowest BCUT2D eigenvalue weighted by atomic mass is 10.1. The van der Waals surface area contributed by atoms with Crippen LogP contribution in [0, 0.1) is 11.6 Å². The van der Waals surface area contributed by atoms with Crippen molar-refractivity contribution in [2.45, 2.75) is 0 Å². The van der Waals surface area contributed by atoms with Crippen molar-refractivity contribution in [3.8, 4) is 0 Å². The summed E-state index contributed by atoms with van der Waals surface area (Å²) in [7, 11) is 1.74. The van der Waals surface area contributed by atoms with Crippen LogP contribution in [0.25, 0.3) is 0 Å². The summed E-state index contributed by atoms with van der Waals surface area (Å²) >= 11 is 3.32. The highest BCUT2D eigenvalue weighted by molar-refractivity contribution is 9.10. The molecule has 1 aromatic carbocycles. The molecule has 2 aromatic rings. The number of amides is 1. The van der Waals surface area contributed by atoms with E-state index < -0.39 is 17.4 Å². The first-order valence-electron chi connectivity index (χ1n) is 8.04. The highest BCUT2D eigenvalue weighted by Crippen LogP contribution is 2.18. The molecule has 0 atom stereocenters. The van der Waals surface area contributed by atoms with E-state index in [1.165, 1.54) is 0 Å². The second-order valence-electron chi connectivity index (χ2n) is 6.12. The third kappa shape index (κ3) is 3.99. The lowest BCUT2D eigenvalue weighted by molar-refractivity contribution is 0.0617. The number of halogens is 3. The molecule has 1 aliphatic rings. The summed E-state index contributed by atoms with van der Waals surface area (Å²) in [6.07, 6.45) is 1.71. The topological polar surface area (TPSA) is 58.4 Å². The van der Waals surface area contributed by atoms with Crippen LogP contribution in [-0.2, 0) is 7.05 Å². The quantitative estimate of drug-likeness (QED) is 0.702. The molecule has 1 fully saturated rings. The first kappa shape index (κ1) is 18.7. The molecule has 3 rings (SSSR count). The van der Waals surface area contributed by atoms with Gasteiger partial charge in [0.1, 0.15) is 11.6 Å². The van der Waals surface area contributed by atoms with Crippen LogP contribution >= 0.6 is 15.9 Å². The monoisotopic (exact) mass is 426 g/mol. The van der Waals surface area contributed by atoms with Gasteiger partial charge in [-0.25, -0.2) is 8.78 Å². The van der Waals surface area contributed by atoms with Crippen molar-refractivity contribution < 1.29 is 18.4 Å². The number of carbonyl (C=O) groups excluding carboxylic acids is 2. The normalized spacial score (nSPS) is 15.3. The smallest absolute Gasteiger partial charge is 0.275 e. The van der Waals surface area contributed by atoms with Crippen molar-refractivity contribution >= 4 is 27.6 Å². The minimum atomic E-state index is -0.858. The molecule has 1 aromatic heterocycles. The Labute approximate surface area is 157 Å². The number of benzene rings is 1. The van der Waals surface area contributed by atoms with Crippen LogP contribution < -0.4 is 0 Å². The van der Waals surface area contributed by atoms with Crippen LogP contribution in [-0.4, -0.2) is 64.0 Å². The molecule has 2 heterocycles. The number of nitrogens with zero attached hydrogens (tertiary/aromatic N) is 4. The van der Waals surface area contributed by atoms with Gasteiger partial charge in [-0.2, -0.15) is 5.10 Å². The maximum Gasteiger partial charge on any atom is 0.275 e. The average molecular weight is 427 g/mol. The van der Waals surface area contributed by atoms with Crippen LogP contribution in [0.1, 0.15) is 20.8 Å². The summed E-state index contributed by atoms with van der Waals surface area (Å²) in [5.74, 6) is -2.15. The minimum Gasteiger partial charge on any atom is -0.335 e. The van der Waals surface area contributed by atoms with Gasteiger partial charge in [0.2, 0.25) is 0 Å². The van der Waals surface area contributed by atoms with Crippen LogP contribution in [0.3, 0.4) is 0 Å². The van der Waals surface area contributed by atoms with Crippen molar-refractivity contribution in [3.05, 3.63) is 51.8 Å². The highest BCUT2D eigenvalue weighted by Gasteiger charge is 2.26. The first-order chi connectivity index (χ1) is 12.3. The van der Waals surface area contributed by atoms with Crippen molar-refractivity contribution in [1.29, 1.82) is 0 Å². The predicted octanol–water partition coefficient (Wildman–Crippen LogP) is 2.10. The van der Waals surface area contributed by atoms with Crippen LogP contribution in [0.2, 0.25) is 0 Å². The predicted molar refractivity (Wildman–Crippen MR) is 93.9 cm³/mol. The average Bonchev–Trinajstić information content (AvgIpc) is 2.93. The van der Waals surface area contributed by atoms with Gasteiger partial charge >= 0.3 is 0 Å². The Balaban J connectivity index is 1.57. The van der Waals surface area contributed by atoms with E-state index in [1.807, 2.05) is 4.90 Å². The molecule has 26 heavy (non-hydrogen) atoms. The number of piperazine rings is 1. The van der Waals surface area contributed by atoms with Gasteiger partial charge in [-0.3, -0.25) is 19.2 Å². The van der Waals surface area contributed by atoms with Gasteiger partial charge in [-0.1, -0.05) is 0 Å². The fraction of sp³-hybridized carbons (Fsp3) is 0.353. The first-order valence-corrected chi connectivity index (χ1v) is 8.83. The van der Waals surface area contributed by atoms with E-state index in [2.05, 4.69) is 21.0 Å². The van der Waals surface area contributed by atoms with E-state index >= 15 is 0 Å². The molecule has 1 saturated heterocycles. The molecule has 0 N–H and O–H groups in total. The maximum absolute atomic E-state index is 13.7. The molecule has 1 amide bonds. The highest BCUT2D eigenvalue weighted by atomic mass is 79.9. The maximum atomic E-state index is 13.7. The molecule has 0 radical (unpaired) electrons. The molecule has 0 aliphatic carbocycles. The van der Waals surface area contributed by atoms with E-state index in [1.54, 1.807) is 22.8 Å². The second kappa shape index (κ2) is 7.63. The van der Waals surface area contributed by atoms with Crippen molar-refractivity contribution in [1.82, 2.24) is 19.6 Å². The van der Waals surface area contributed by atoms with Gasteiger partial charge in [-0.05, 0) is 28.1 Å². The van der Waals surface area contributed by atoms with Gasteiger partial charge in [0.25, 0.3) is 5.91 Å². The molecule has 0 saturated carbocycles. The summed E-state index contributed by atoms with van der Waals surface area (Å²) < 4.78 is 28.8. The molecule has 0 bridgehead atoms. The van der Waals surface area contributed by atoms with Gasteiger partial charge in [0.05, 0.1) is 16.6 Å². The fourth-order valence-corrected chi connectivity index (χ4v) is 3.41. The van der Waals surface area contributed by atoms with E-state index in [-0.39, 0.29) is 18.0 Å². The van der Waals surface area contributed by atoms with Gasteiger partial charge in [0.15, 0.2) is 11.5 Å². The van der Waals surface area contributed by atoms with E-state index in [0.29, 0.717) is 42.4 Å². The lowest BCUT2D eigenvalue weighted by Gasteiger charge is -2.34. The molecule has 1 aliphatic heterocycles. The van der Waals surface area contributed by atoms with Crippen LogP contribution in [0.4, 0.5) is 8.78 Å². The van der Waals surface area contributed by atoms with Gasteiger partial charge in [-0.15, -0.1) is 0 Å². The summed E-state index contributed by atoms with van der Waals surface area (Å²) in [6.45, 7) is 1.90. The minimum absolute atomic E-state index is 0.0257. The fourth-order valence-electron chi connectivity index (χ4n) is 2.87. The Kier molecular flexibility index (Phi) is 5.47. The third-order valence-corrected chi connectivity index (χ3v) is 4.83. The Morgan fingerprint density at radius 1 is 1.19 bits per heavy atom. The molecular formula is C17H17BrF2N4O2. The van der Waals surface area contributed by atoms with E-state index in [4.69, 9.17) is 0 Å². The number of aromatic nitrogens is 2. The molecule has 0 spiro atoms. The molecule has 6 nitrogen and oxygen atoms in total. The number of aryl methyl sites for hydroxylation is 1. The molecule has 0 unspecified atom stereocenters. The van der Waals surface area contributed by atoms with Crippen molar-refractivity contribution in [2.75, 3.05) is 32.7 Å². The largest absolute Gasteiger partial charge is 0.335 e. The third-order valence-electron chi connectivity index (χ3n) is 4.24. The zero-order valence-electron chi connectivity index (χ0n) is 14.1. The number of rotatable bonds is 4. The second-order valence-corrected chi connectivity index (χ2v) is 6.97. The van der Waals surface area contributed by atoms with Crippen molar-refractivity contribution in [3.63, 3.8) is 0 Å². The lowest BCUT2D eigenvalue weighted by Crippen LogP contribution is -2.50. The van der Waals surface area contributed by atoms with Crippen molar-refractivity contribution in [2.24, 2.45) is 7.05 Å². The van der Waals surface area contributed by atoms with Gasteiger partial charge < -0.3 is 4.90 Å². The number of ketones is 1. The van der Waals surface area contributed by atoms with Crippen LogP contribution in [0.5, 0.6) is 0 Å². The summed E-state index contributed by atoms with van der Waals surface area (Å²) in [5.41, 5.74) is 0.229. The number of Topliss-reactive ketones (excluding diaryl/α,β-unsaturated/α-hetero) is 1. The standard InChI is InChI=1S/C17H17BrF2N4O2/c1-22-9-13(18)16(21-22)17(26)24-6-4-23(5-7-24)10-15(25)12-3-2-11(19)8-14(12)20/h2-3,8-9H,4-7,10H2,1H3. The molecule has 138 valence electrons. The summed E-state index contributed by atoms with van der Waals surface area (Å²) in [4.78, 5) is 28.3. The Bertz CT molecular complexity index is 847. The van der Waals surface area contributed by atoms with Crippen LogP contribution in [0.15, 0.2) is 28.9 Å². The Hall–Kier alpha value is -2.13. The zero-order chi connectivity index (χ0) is 18.8. The molecule has 9 heteroatoms. The van der Waals surface area contributed by atoms with E-state index in [9.17, 15) is 18.4 Å². The number of hydrogen-bond donors (Lipinski definition) is 0. The van der Waals surface area contributed by atoms with Gasteiger partial charge in [0, 0.05) is 45.5 Å². The molecular weight excluding hydrogens is 410 g/mol. The van der Waals surface area contributed by atoms with E-state index in [0.717, 1.165) is 12.1 Å².